The largest absolute Gasteiger partial charge is 0.395 e. The summed E-state index contributed by atoms with van der Waals surface area (Å²) >= 11 is 1.73. The molecular formula is C11H17NOS. The Morgan fingerprint density at radius 2 is 2.64 bits per heavy atom. The van der Waals surface area contributed by atoms with Crippen LogP contribution in [-0.4, -0.2) is 29.2 Å². The van der Waals surface area contributed by atoms with E-state index in [1.54, 1.807) is 11.8 Å². The third-order valence-electron chi connectivity index (χ3n) is 2.10. The number of aliphatic hydroxyl groups excluding tert-OH is 1. The number of aliphatic hydroxyl groups is 1. The van der Waals surface area contributed by atoms with Crippen molar-refractivity contribution in [3.8, 4) is 0 Å². The van der Waals surface area contributed by atoms with Crippen LogP contribution >= 0.6 is 11.8 Å². The highest BCUT2D eigenvalue weighted by Crippen LogP contribution is 2.32. The van der Waals surface area contributed by atoms with E-state index in [4.69, 9.17) is 5.11 Å². The van der Waals surface area contributed by atoms with Gasteiger partial charge >= 0.3 is 0 Å². The maximum Gasteiger partial charge on any atom is 0.0556 e. The van der Waals surface area contributed by atoms with Gasteiger partial charge in [-0.25, -0.2) is 0 Å². The van der Waals surface area contributed by atoms with Crippen molar-refractivity contribution in [2.24, 2.45) is 4.99 Å². The summed E-state index contributed by atoms with van der Waals surface area (Å²) in [5.74, 6) is 0. The third kappa shape index (κ3) is 3.31. The van der Waals surface area contributed by atoms with E-state index in [1.807, 2.05) is 13.0 Å². The molecule has 0 amide bonds. The molecule has 78 valence electrons. The highest BCUT2D eigenvalue weighted by Gasteiger charge is 2.18. The van der Waals surface area contributed by atoms with Gasteiger partial charge in [-0.2, -0.15) is 0 Å². The van der Waals surface area contributed by atoms with Crippen LogP contribution in [0.2, 0.25) is 0 Å². The number of hydrogen-bond donors (Lipinski definition) is 1. The number of thioether (sulfide) groups is 1. The molecule has 0 aromatic heterocycles. The van der Waals surface area contributed by atoms with Crippen molar-refractivity contribution in [3.63, 3.8) is 0 Å². The highest BCUT2D eigenvalue weighted by atomic mass is 32.2. The van der Waals surface area contributed by atoms with Crippen LogP contribution in [0.25, 0.3) is 0 Å². The lowest BCUT2D eigenvalue weighted by Crippen LogP contribution is -2.03. The first-order valence-corrected chi connectivity index (χ1v) is 5.76. The van der Waals surface area contributed by atoms with Gasteiger partial charge in [-0.15, -0.1) is 18.3 Å². The van der Waals surface area contributed by atoms with Gasteiger partial charge in [0.25, 0.3) is 0 Å². The van der Waals surface area contributed by atoms with E-state index in [9.17, 15) is 0 Å². The van der Waals surface area contributed by atoms with Crippen LogP contribution in [0.3, 0.4) is 0 Å². The minimum atomic E-state index is 0.255. The lowest BCUT2D eigenvalue weighted by atomic mass is 10.2. The molecule has 0 fully saturated rings. The molecule has 1 N–H and O–H groups in total. The maximum atomic E-state index is 8.97. The van der Waals surface area contributed by atoms with Crippen molar-refractivity contribution in [2.75, 3.05) is 13.2 Å². The van der Waals surface area contributed by atoms with Crippen molar-refractivity contribution >= 4 is 17.5 Å². The van der Waals surface area contributed by atoms with E-state index < -0.39 is 0 Å². The second kappa shape index (κ2) is 6.04. The highest BCUT2D eigenvalue weighted by molar-refractivity contribution is 8.04. The van der Waals surface area contributed by atoms with Crippen LogP contribution in [-0.2, 0) is 0 Å². The first-order valence-electron chi connectivity index (χ1n) is 4.88. The Balaban J connectivity index is 2.41. The van der Waals surface area contributed by atoms with Crippen LogP contribution in [0.5, 0.6) is 0 Å². The van der Waals surface area contributed by atoms with Crippen molar-refractivity contribution in [2.45, 2.75) is 25.0 Å². The molecule has 0 saturated heterocycles. The predicted octanol–water partition coefficient (Wildman–Crippen LogP) is 2.41. The second-order valence-electron chi connectivity index (χ2n) is 3.27. The lowest BCUT2D eigenvalue weighted by Gasteiger charge is -2.05. The average Bonchev–Trinajstić information content (AvgIpc) is 2.66. The summed E-state index contributed by atoms with van der Waals surface area (Å²) in [5, 5.41) is 9.31. The van der Waals surface area contributed by atoms with Gasteiger partial charge in [-0.05, 0) is 19.8 Å². The smallest absolute Gasteiger partial charge is 0.0556 e. The molecule has 1 aliphatic heterocycles. The van der Waals surface area contributed by atoms with Gasteiger partial charge in [0.05, 0.1) is 6.61 Å². The zero-order valence-corrected chi connectivity index (χ0v) is 9.39. The number of rotatable bonds is 5. The Labute approximate surface area is 89.8 Å². The molecule has 0 spiro atoms. The molecule has 1 atom stereocenters. The molecule has 0 aromatic rings. The maximum absolute atomic E-state index is 8.97. The van der Waals surface area contributed by atoms with Crippen molar-refractivity contribution in [3.05, 3.63) is 23.6 Å². The molecule has 0 bridgehead atoms. The predicted molar refractivity (Wildman–Crippen MR) is 64.0 cm³/mol. The van der Waals surface area contributed by atoms with Crippen LogP contribution < -0.4 is 0 Å². The summed E-state index contributed by atoms with van der Waals surface area (Å²) < 4.78 is 0. The fourth-order valence-electron chi connectivity index (χ4n) is 1.26. The van der Waals surface area contributed by atoms with Crippen LogP contribution in [0, 0.1) is 0 Å². The molecule has 1 unspecified atom stereocenters. The Morgan fingerprint density at radius 1 is 1.86 bits per heavy atom. The number of aliphatic imine (C=N–C) groups is 1. The van der Waals surface area contributed by atoms with Crippen molar-refractivity contribution in [1.29, 1.82) is 0 Å². The first-order chi connectivity index (χ1) is 6.77. The van der Waals surface area contributed by atoms with E-state index in [0.29, 0.717) is 5.25 Å². The van der Waals surface area contributed by atoms with Crippen molar-refractivity contribution < 1.29 is 5.11 Å². The summed E-state index contributed by atoms with van der Waals surface area (Å²) in [4.78, 5) is 5.67. The zero-order chi connectivity index (χ0) is 10.4. The zero-order valence-electron chi connectivity index (χ0n) is 8.57. The van der Waals surface area contributed by atoms with Gasteiger partial charge in [0.2, 0.25) is 0 Å². The summed E-state index contributed by atoms with van der Waals surface area (Å²) in [6.45, 7) is 6.76. The monoisotopic (exact) mass is 211 g/mol. The quantitative estimate of drug-likeness (QED) is 0.430. The minimum absolute atomic E-state index is 0.255. The van der Waals surface area contributed by atoms with Crippen LogP contribution in [0.15, 0.2) is 28.6 Å². The van der Waals surface area contributed by atoms with Crippen LogP contribution in [0.4, 0.5) is 0 Å². The van der Waals surface area contributed by atoms with E-state index in [1.165, 1.54) is 4.91 Å². The van der Waals surface area contributed by atoms with E-state index in [2.05, 4.69) is 17.6 Å². The number of nitrogens with zero attached hydrogens (tertiary/aromatic N) is 1. The normalized spacial score (nSPS) is 22.3. The lowest BCUT2D eigenvalue weighted by molar-refractivity contribution is 0.296. The summed E-state index contributed by atoms with van der Waals surface area (Å²) in [5.41, 5.74) is 1.09. The molecular weight excluding hydrogens is 194 g/mol. The van der Waals surface area contributed by atoms with Gasteiger partial charge in [0.1, 0.15) is 0 Å². The Kier molecular flexibility index (Phi) is 4.98. The summed E-state index contributed by atoms with van der Waals surface area (Å²) in [7, 11) is 0. The van der Waals surface area contributed by atoms with Gasteiger partial charge < -0.3 is 5.11 Å². The molecule has 0 saturated carbocycles. The average molecular weight is 211 g/mol. The van der Waals surface area contributed by atoms with Gasteiger partial charge in [-0.1, -0.05) is 12.2 Å². The Hall–Kier alpha value is -0.540. The molecule has 0 radical (unpaired) electrons. The van der Waals surface area contributed by atoms with Gasteiger partial charge in [0.15, 0.2) is 0 Å². The first kappa shape index (κ1) is 11.5. The Morgan fingerprint density at radius 3 is 3.21 bits per heavy atom. The SMILES string of the molecule is C=CCC/N=C(\C)C1=CCC(CO)S1. The molecule has 1 aliphatic rings. The van der Waals surface area contributed by atoms with Crippen molar-refractivity contribution in [1.82, 2.24) is 0 Å². The topological polar surface area (TPSA) is 32.6 Å². The van der Waals surface area contributed by atoms with E-state index in [-0.39, 0.29) is 6.61 Å². The minimum Gasteiger partial charge on any atom is -0.395 e. The molecule has 0 aliphatic carbocycles. The second-order valence-corrected chi connectivity index (χ2v) is 4.61. The van der Waals surface area contributed by atoms with Gasteiger partial charge in [-0.3, -0.25) is 4.99 Å². The van der Waals surface area contributed by atoms with Crippen LogP contribution in [0.1, 0.15) is 19.8 Å². The third-order valence-corrected chi connectivity index (χ3v) is 3.49. The number of allylic oxidation sites excluding steroid dienone is 2. The van der Waals surface area contributed by atoms with Gasteiger partial charge in [0, 0.05) is 22.4 Å². The molecule has 1 rings (SSSR count). The molecule has 1 heterocycles. The van der Waals surface area contributed by atoms with E-state index in [0.717, 1.165) is 25.1 Å². The number of hydrogen-bond acceptors (Lipinski definition) is 3. The fraction of sp³-hybridized carbons (Fsp3) is 0.545. The molecule has 0 aromatic carbocycles. The summed E-state index contributed by atoms with van der Waals surface area (Å²) in [6, 6.07) is 0. The summed E-state index contributed by atoms with van der Waals surface area (Å²) in [6.07, 6.45) is 5.94. The molecule has 3 heteroatoms. The fourth-order valence-corrected chi connectivity index (χ4v) is 2.31. The molecule has 14 heavy (non-hydrogen) atoms. The molecule has 2 nitrogen and oxygen atoms in total. The Bertz CT molecular complexity index is 258. The van der Waals surface area contributed by atoms with E-state index >= 15 is 0 Å². The standard InChI is InChI=1S/C11H17NOS/c1-3-4-7-12-9(2)11-6-5-10(8-13)14-11/h3,6,10,13H,1,4-5,7-8H2,2H3/b12-9+.